The number of hydrogen-bond donors (Lipinski definition) is 1. The predicted octanol–water partition coefficient (Wildman–Crippen LogP) is 6.16. The molecule has 0 heterocycles. The summed E-state index contributed by atoms with van der Waals surface area (Å²) < 4.78 is 67.1. The van der Waals surface area contributed by atoms with Crippen LogP contribution in [0.15, 0.2) is 71.6 Å². The van der Waals surface area contributed by atoms with Crippen LogP contribution >= 0.6 is 22.6 Å². The molecule has 0 aliphatic carbocycles. The number of halogens is 4. The van der Waals surface area contributed by atoms with Crippen LogP contribution in [0, 0.1) is 0 Å². The normalized spacial score (nSPS) is 11.8. The minimum atomic E-state index is -4.83. The molecule has 0 aliphatic heterocycles. The number of anilines is 1. The standard InChI is InChI=1S/C24H21F3INO4S/c1-2-34(31,32)17-12-10-16(11-13-17)14-23(30)29-21-8-5-7-18(20(21)15-28)19-6-3-4-9-22(19)33-24(25,26)27/h3-13H,2,14-15H2,1H3,(H,29,30). The molecule has 0 spiro atoms. The van der Waals surface area contributed by atoms with Gasteiger partial charge in [0.1, 0.15) is 5.75 Å². The Balaban J connectivity index is 1.85. The van der Waals surface area contributed by atoms with Gasteiger partial charge in [-0.2, -0.15) is 0 Å². The van der Waals surface area contributed by atoms with E-state index in [1.165, 1.54) is 30.3 Å². The number of sulfone groups is 1. The fourth-order valence-electron chi connectivity index (χ4n) is 3.36. The summed E-state index contributed by atoms with van der Waals surface area (Å²) in [6, 6.07) is 17.0. The molecule has 0 fully saturated rings. The highest BCUT2D eigenvalue weighted by Crippen LogP contribution is 2.38. The SMILES string of the molecule is CCS(=O)(=O)c1ccc(CC(=O)Nc2cccc(-c3ccccc3OC(F)(F)F)c2CI)cc1. The zero-order valence-electron chi connectivity index (χ0n) is 18.0. The number of ether oxygens (including phenoxy) is 1. The first kappa shape index (κ1) is 26.0. The van der Waals surface area contributed by atoms with Crippen LogP contribution in [0.5, 0.6) is 5.75 Å². The zero-order valence-corrected chi connectivity index (χ0v) is 21.0. The van der Waals surface area contributed by atoms with Crippen LogP contribution in [0.1, 0.15) is 18.1 Å². The van der Waals surface area contributed by atoms with Gasteiger partial charge in [-0.3, -0.25) is 4.79 Å². The smallest absolute Gasteiger partial charge is 0.405 e. The predicted molar refractivity (Wildman–Crippen MR) is 133 cm³/mol. The van der Waals surface area contributed by atoms with Crippen molar-refractivity contribution in [3.63, 3.8) is 0 Å². The third-order valence-corrected chi connectivity index (χ3v) is 7.53. The van der Waals surface area contributed by atoms with Crippen molar-refractivity contribution in [2.45, 2.75) is 29.0 Å². The molecule has 0 saturated carbocycles. The third kappa shape index (κ3) is 6.50. The third-order valence-electron chi connectivity index (χ3n) is 5.01. The van der Waals surface area contributed by atoms with Crippen molar-refractivity contribution in [3.8, 4) is 16.9 Å². The molecule has 1 N–H and O–H groups in total. The summed E-state index contributed by atoms with van der Waals surface area (Å²) >= 11 is 2.08. The number of alkyl halides is 4. The molecular weight excluding hydrogens is 582 g/mol. The van der Waals surface area contributed by atoms with E-state index < -0.39 is 16.2 Å². The van der Waals surface area contributed by atoms with E-state index in [9.17, 15) is 26.4 Å². The number of nitrogens with one attached hydrogen (secondary N) is 1. The van der Waals surface area contributed by atoms with Crippen molar-refractivity contribution in [2.24, 2.45) is 0 Å². The Labute approximate surface area is 209 Å². The maximum absolute atomic E-state index is 12.9. The zero-order chi connectivity index (χ0) is 24.9. The number of rotatable bonds is 8. The van der Waals surface area contributed by atoms with Crippen molar-refractivity contribution >= 4 is 44.0 Å². The molecular formula is C24H21F3INO4S. The van der Waals surface area contributed by atoms with E-state index >= 15 is 0 Å². The van der Waals surface area contributed by atoms with Gasteiger partial charge in [0.25, 0.3) is 0 Å². The molecule has 0 bridgehead atoms. The van der Waals surface area contributed by atoms with Crippen LogP contribution in [0.3, 0.4) is 0 Å². The van der Waals surface area contributed by atoms with E-state index in [-0.39, 0.29) is 34.3 Å². The first-order chi connectivity index (χ1) is 16.0. The number of amides is 1. The number of carbonyl (C=O) groups is 1. The molecule has 180 valence electrons. The minimum Gasteiger partial charge on any atom is -0.405 e. The Bertz CT molecular complexity index is 1280. The Hall–Kier alpha value is -2.60. The molecule has 10 heteroatoms. The average molecular weight is 603 g/mol. The molecule has 0 atom stereocenters. The summed E-state index contributed by atoms with van der Waals surface area (Å²) in [6.07, 6.45) is -4.83. The highest BCUT2D eigenvalue weighted by atomic mass is 127. The second-order valence-corrected chi connectivity index (χ2v) is 10.3. The topological polar surface area (TPSA) is 72.5 Å². The Kier molecular flexibility index (Phi) is 8.24. The van der Waals surface area contributed by atoms with Crippen molar-refractivity contribution in [1.82, 2.24) is 0 Å². The van der Waals surface area contributed by atoms with Gasteiger partial charge in [0.15, 0.2) is 9.84 Å². The number of para-hydroxylation sites is 1. The van der Waals surface area contributed by atoms with Crippen molar-refractivity contribution in [1.29, 1.82) is 0 Å². The van der Waals surface area contributed by atoms with Crippen LogP contribution in [0.2, 0.25) is 0 Å². The second-order valence-electron chi connectivity index (χ2n) is 7.28. The summed E-state index contributed by atoms with van der Waals surface area (Å²) in [5.41, 5.74) is 2.53. The molecule has 0 aliphatic rings. The molecule has 0 aromatic heterocycles. The van der Waals surface area contributed by atoms with E-state index in [2.05, 4.69) is 32.6 Å². The first-order valence-electron chi connectivity index (χ1n) is 10.2. The van der Waals surface area contributed by atoms with E-state index in [4.69, 9.17) is 0 Å². The van der Waals surface area contributed by atoms with Crippen LogP contribution in [0.25, 0.3) is 11.1 Å². The van der Waals surface area contributed by atoms with Gasteiger partial charge in [0.2, 0.25) is 5.91 Å². The highest BCUT2D eigenvalue weighted by Gasteiger charge is 2.32. The largest absolute Gasteiger partial charge is 0.573 e. The molecule has 0 saturated heterocycles. The van der Waals surface area contributed by atoms with E-state index in [1.54, 1.807) is 43.3 Å². The molecule has 5 nitrogen and oxygen atoms in total. The number of hydrogen-bond acceptors (Lipinski definition) is 4. The van der Waals surface area contributed by atoms with Crippen LogP contribution < -0.4 is 10.1 Å². The van der Waals surface area contributed by atoms with Gasteiger partial charge >= 0.3 is 6.36 Å². The van der Waals surface area contributed by atoms with E-state index in [1.807, 2.05) is 0 Å². The van der Waals surface area contributed by atoms with Crippen molar-refractivity contribution in [2.75, 3.05) is 11.1 Å². The summed E-state index contributed by atoms with van der Waals surface area (Å²) in [5, 5.41) is 2.82. The van der Waals surface area contributed by atoms with E-state index in [0.717, 1.165) is 0 Å². The van der Waals surface area contributed by atoms with Gasteiger partial charge < -0.3 is 10.1 Å². The fourth-order valence-corrected chi connectivity index (χ4v) is 5.07. The van der Waals surface area contributed by atoms with Gasteiger partial charge in [-0.1, -0.05) is 72.0 Å². The lowest BCUT2D eigenvalue weighted by molar-refractivity contribution is -0.274. The van der Waals surface area contributed by atoms with E-state index in [0.29, 0.717) is 26.8 Å². The lowest BCUT2D eigenvalue weighted by Gasteiger charge is -2.18. The summed E-state index contributed by atoms with van der Waals surface area (Å²) in [4.78, 5) is 12.9. The maximum Gasteiger partial charge on any atom is 0.573 e. The van der Waals surface area contributed by atoms with Gasteiger partial charge in [-0.15, -0.1) is 13.2 Å². The van der Waals surface area contributed by atoms with Gasteiger partial charge in [0, 0.05) is 15.7 Å². The maximum atomic E-state index is 12.9. The lowest BCUT2D eigenvalue weighted by atomic mass is 9.98. The van der Waals surface area contributed by atoms with Crippen LogP contribution in [0.4, 0.5) is 18.9 Å². The van der Waals surface area contributed by atoms with Gasteiger partial charge in [0.05, 0.1) is 17.1 Å². The molecule has 1 amide bonds. The Morgan fingerprint density at radius 3 is 2.24 bits per heavy atom. The average Bonchev–Trinajstić information content (AvgIpc) is 2.78. The second kappa shape index (κ2) is 10.8. The first-order valence-corrected chi connectivity index (χ1v) is 13.4. The van der Waals surface area contributed by atoms with Gasteiger partial charge in [-0.05, 0) is 41.0 Å². The number of carbonyl (C=O) groups excluding carboxylic acids is 1. The Morgan fingerprint density at radius 1 is 0.971 bits per heavy atom. The molecule has 0 radical (unpaired) electrons. The quantitative estimate of drug-likeness (QED) is 0.247. The van der Waals surface area contributed by atoms with Crippen LogP contribution in [-0.2, 0) is 25.5 Å². The number of benzene rings is 3. The molecule has 3 aromatic rings. The molecule has 0 unspecified atom stereocenters. The van der Waals surface area contributed by atoms with Crippen molar-refractivity contribution in [3.05, 3.63) is 77.9 Å². The summed E-state index contributed by atoms with van der Waals surface area (Å²) in [7, 11) is -3.33. The summed E-state index contributed by atoms with van der Waals surface area (Å²) in [6.45, 7) is 1.56. The lowest BCUT2D eigenvalue weighted by Crippen LogP contribution is -2.18. The Morgan fingerprint density at radius 2 is 1.62 bits per heavy atom. The van der Waals surface area contributed by atoms with Crippen LogP contribution in [-0.4, -0.2) is 26.4 Å². The van der Waals surface area contributed by atoms with Crippen molar-refractivity contribution < 1.29 is 31.1 Å². The molecule has 3 rings (SSSR count). The minimum absolute atomic E-state index is 0.00510. The molecule has 34 heavy (non-hydrogen) atoms. The highest BCUT2D eigenvalue weighted by molar-refractivity contribution is 14.1. The fraction of sp³-hybridized carbons (Fsp3) is 0.208. The monoisotopic (exact) mass is 603 g/mol. The van der Waals surface area contributed by atoms with Gasteiger partial charge in [-0.25, -0.2) is 8.42 Å². The molecule has 3 aromatic carbocycles. The summed E-state index contributed by atoms with van der Waals surface area (Å²) in [5.74, 6) is -0.680.